The first-order valence-electron chi connectivity index (χ1n) is 12.9. The third-order valence-electron chi connectivity index (χ3n) is 6.91. The summed E-state index contributed by atoms with van der Waals surface area (Å²) < 4.78 is 30.4. The lowest BCUT2D eigenvalue weighted by atomic mass is 9.92. The molecule has 0 spiro atoms. The van der Waals surface area contributed by atoms with E-state index in [1.807, 2.05) is 18.2 Å². The van der Waals surface area contributed by atoms with Crippen molar-refractivity contribution in [3.63, 3.8) is 0 Å². The molecule has 3 aromatic rings. The lowest BCUT2D eigenvalue weighted by Crippen LogP contribution is -2.33. The van der Waals surface area contributed by atoms with Gasteiger partial charge in [0.15, 0.2) is 0 Å². The standard InChI is InChI=1S/C30H35F2N3O2/c1-19(2)24-7-6-8-25(20(3)4)30(24)35-18-21(9-12-28(35)36)29(26-11-10-22(31)17-27(26)32)33-37-23-13-15-34(5)16-14-23/h6-12,17-20,23H,13-16H2,1-5H3. The van der Waals surface area contributed by atoms with Crippen LogP contribution in [0.1, 0.15) is 74.6 Å². The number of halogens is 2. The molecule has 1 aromatic heterocycles. The molecule has 0 bridgehead atoms. The lowest BCUT2D eigenvalue weighted by Gasteiger charge is -2.27. The van der Waals surface area contributed by atoms with E-state index in [2.05, 4.69) is 44.8 Å². The summed E-state index contributed by atoms with van der Waals surface area (Å²) in [4.78, 5) is 21.3. The molecule has 0 radical (unpaired) electrons. The summed E-state index contributed by atoms with van der Waals surface area (Å²) in [6.45, 7) is 10.1. The van der Waals surface area contributed by atoms with Gasteiger partial charge in [-0.25, -0.2) is 8.78 Å². The van der Waals surface area contributed by atoms with Crippen LogP contribution in [0.3, 0.4) is 0 Å². The molecule has 0 N–H and O–H groups in total. The number of likely N-dealkylation sites (tertiary alicyclic amines) is 1. The van der Waals surface area contributed by atoms with Crippen LogP contribution in [-0.2, 0) is 4.84 Å². The average molecular weight is 508 g/mol. The Morgan fingerprint density at radius 1 is 0.973 bits per heavy atom. The van der Waals surface area contributed by atoms with Crippen LogP contribution in [0, 0.1) is 11.6 Å². The lowest BCUT2D eigenvalue weighted by molar-refractivity contribution is 0.0163. The van der Waals surface area contributed by atoms with Gasteiger partial charge in [-0.2, -0.15) is 0 Å². The summed E-state index contributed by atoms with van der Waals surface area (Å²) >= 11 is 0. The Kier molecular flexibility index (Phi) is 8.22. The van der Waals surface area contributed by atoms with Crippen molar-refractivity contribution in [1.29, 1.82) is 0 Å². The molecule has 196 valence electrons. The largest absolute Gasteiger partial charge is 0.392 e. The van der Waals surface area contributed by atoms with Gasteiger partial charge in [0.25, 0.3) is 5.56 Å². The molecule has 1 aliphatic heterocycles. The van der Waals surface area contributed by atoms with E-state index in [9.17, 15) is 13.6 Å². The number of benzene rings is 2. The van der Waals surface area contributed by atoms with Crippen molar-refractivity contribution in [1.82, 2.24) is 9.47 Å². The molecule has 4 rings (SSSR count). The molecular formula is C30H35F2N3O2. The number of hydrogen-bond acceptors (Lipinski definition) is 4. The van der Waals surface area contributed by atoms with Crippen molar-refractivity contribution in [3.8, 4) is 5.69 Å². The molecule has 1 aliphatic rings. The van der Waals surface area contributed by atoms with Crippen molar-refractivity contribution in [3.05, 3.63) is 99.0 Å². The predicted molar refractivity (Wildman–Crippen MR) is 144 cm³/mol. The number of piperidine rings is 1. The van der Waals surface area contributed by atoms with Crippen LogP contribution >= 0.6 is 0 Å². The van der Waals surface area contributed by atoms with Gasteiger partial charge in [0.2, 0.25) is 0 Å². The van der Waals surface area contributed by atoms with Gasteiger partial charge in [-0.15, -0.1) is 0 Å². The highest BCUT2D eigenvalue weighted by Gasteiger charge is 2.22. The third-order valence-corrected chi connectivity index (χ3v) is 6.91. The summed E-state index contributed by atoms with van der Waals surface area (Å²) in [5.41, 5.74) is 3.55. The van der Waals surface area contributed by atoms with Crippen molar-refractivity contribution < 1.29 is 13.6 Å². The molecule has 5 nitrogen and oxygen atoms in total. The molecule has 0 amide bonds. The fourth-order valence-electron chi connectivity index (χ4n) is 4.75. The summed E-state index contributed by atoms with van der Waals surface area (Å²) in [7, 11) is 2.06. The Labute approximate surface area is 217 Å². The van der Waals surface area contributed by atoms with Crippen LogP contribution < -0.4 is 5.56 Å². The van der Waals surface area contributed by atoms with Crippen LogP contribution in [0.5, 0.6) is 0 Å². The van der Waals surface area contributed by atoms with Crippen LogP contribution in [0.2, 0.25) is 0 Å². The number of nitrogens with zero attached hydrogens (tertiary/aromatic N) is 3. The van der Waals surface area contributed by atoms with E-state index < -0.39 is 11.6 Å². The van der Waals surface area contributed by atoms with Gasteiger partial charge in [0.05, 0.1) is 5.69 Å². The third kappa shape index (κ3) is 5.99. The monoisotopic (exact) mass is 507 g/mol. The Morgan fingerprint density at radius 2 is 1.62 bits per heavy atom. The minimum absolute atomic E-state index is 0.102. The zero-order valence-corrected chi connectivity index (χ0v) is 22.2. The number of para-hydroxylation sites is 1. The summed E-state index contributed by atoms with van der Waals surface area (Å²) in [6.07, 6.45) is 3.20. The van der Waals surface area contributed by atoms with Crippen LogP contribution in [0.25, 0.3) is 5.69 Å². The highest BCUT2D eigenvalue weighted by atomic mass is 19.1. The van der Waals surface area contributed by atoms with E-state index in [0.29, 0.717) is 5.56 Å². The number of hydrogen-bond donors (Lipinski definition) is 0. The van der Waals surface area contributed by atoms with E-state index in [1.165, 1.54) is 18.2 Å². The first-order valence-corrected chi connectivity index (χ1v) is 12.9. The van der Waals surface area contributed by atoms with E-state index in [1.54, 1.807) is 16.8 Å². The van der Waals surface area contributed by atoms with Crippen LogP contribution in [0.15, 0.2) is 64.7 Å². The number of aromatic nitrogens is 1. The molecule has 7 heteroatoms. The highest BCUT2D eigenvalue weighted by Crippen LogP contribution is 2.30. The van der Waals surface area contributed by atoms with Crippen LogP contribution in [-0.4, -0.2) is 41.4 Å². The fraction of sp³-hybridized carbons (Fsp3) is 0.400. The van der Waals surface area contributed by atoms with E-state index >= 15 is 0 Å². The van der Waals surface area contributed by atoms with Crippen molar-refractivity contribution in [2.75, 3.05) is 20.1 Å². The molecule has 2 aromatic carbocycles. The fourth-order valence-corrected chi connectivity index (χ4v) is 4.75. The first-order chi connectivity index (χ1) is 17.7. The number of rotatable bonds is 7. The average Bonchev–Trinajstić information content (AvgIpc) is 2.86. The molecule has 0 unspecified atom stereocenters. The van der Waals surface area contributed by atoms with Gasteiger partial charge < -0.3 is 9.74 Å². The summed E-state index contributed by atoms with van der Waals surface area (Å²) in [5, 5.41) is 4.40. The Balaban J connectivity index is 1.87. The van der Waals surface area contributed by atoms with Crippen molar-refractivity contribution in [2.45, 2.75) is 58.5 Å². The first kappa shape index (κ1) is 26.7. The quantitative estimate of drug-likeness (QED) is 0.282. The molecule has 0 saturated carbocycles. The summed E-state index contributed by atoms with van der Waals surface area (Å²) in [6, 6.07) is 12.5. The molecular weight excluding hydrogens is 472 g/mol. The van der Waals surface area contributed by atoms with Crippen molar-refractivity contribution in [2.24, 2.45) is 5.16 Å². The summed E-state index contributed by atoms with van der Waals surface area (Å²) in [5.74, 6) is -1.05. The van der Waals surface area contributed by atoms with Gasteiger partial charge >= 0.3 is 0 Å². The highest BCUT2D eigenvalue weighted by molar-refractivity contribution is 6.12. The zero-order chi connectivity index (χ0) is 26.7. The molecule has 1 saturated heterocycles. The van der Waals surface area contributed by atoms with Gasteiger partial charge in [-0.1, -0.05) is 51.0 Å². The number of pyridine rings is 1. The topological polar surface area (TPSA) is 46.8 Å². The maximum absolute atomic E-state index is 15.0. The van der Waals surface area contributed by atoms with Crippen molar-refractivity contribution >= 4 is 5.71 Å². The Bertz CT molecular complexity index is 1310. The second-order valence-corrected chi connectivity index (χ2v) is 10.4. The Morgan fingerprint density at radius 3 is 2.22 bits per heavy atom. The zero-order valence-electron chi connectivity index (χ0n) is 22.2. The van der Waals surface area contributed by atoms with Gasteiger partial charge in [-0.05, 0) is 61.1 Å². The molecule has 37 heavy (non-hydrogen) atoms. The molecule has 0 atom stereocenters. The van der Waals surface area contributed by atoms with Crippen LogP contribution in [0.4, 0.5) is 8.78 Å². The van der Waals surface area contributed by atoms with E-state index in [-0.39, 0.29) is 34.8 Å². The second-order valence-electron chi connectivity index (χ2n) is 10.4. The normalized spacial score (nSPS) is 15.5. The Hall–Kier alpha value is -3.32. The number of oxime groups is 1. The smallest absolute Gasteiger partial charge is 0.255 e. The predicted octanol–water partition coefficient (Wildman–Crippen LogP) is 6.23. The van der Waals surface area contributed by atoms with E-state index in [4.69, 9.17) is 4.84 Å². The van der Waals surface area contributed by atoms with Gasteiger partial charge in [0, 0.05) is 42.5 Å². The minimum Gasteiger partial charge on any atom is -0.392 e. The van der Waals surface area contributed by atoms with Gasteiger partial charge in [-0.3, -0.25) is 9.36 Å². The minimum atomic E-state index is -0.742. The molecule has 1 fully saturated rings. The maximum Gasteiger partial charge on any atom is 0.255 e. The second kappa shape index (κ2) is 11.4. The maximum atomic E-state index is 15.0. The molecule has 0 aliphatic carbocycles. The SMILES string of the molecule is CC(C)c1cccc(C(C)C)c1-n1cc(C(=NOC2CCN(C)CC2)c2ccc(F)cc2F)ccc1=O. The van der Waals surface area contributed by atoms with E-state index in [0.717, 1.165) is 48.8 Å². The molecule has 2 heterocycles. The van der Waals surface area contributed by atoms with Gasteiger partial charge in [0.1, 0.15) is 23.5 Å².